The first-order chi connectivity index (χ1) is 7.11. The van der Waals surface area contributed by atoms with Crippen LogP contribution in [-0.2, 0) is 9.59 Å². The van der Waals surface area contributed by atoms with Crippen LogP contribution in [0, 0.1) is 0 Å². The predicted octanol–water partition coefficient (Wildman–Crippen LogP) is 0.0616. The quantitative estimate of drug-likeness (QED) is 0.656. The summed E-state index contributed by atoms with van der Waals surface area (Å²) >= 11 is 0. The number of hydrogen-bond acceptors (Lipinski definition) is 3. The maximum absolute atomic E-state index is 11.0. The first-order valence-corrected chi connectivity index (χ1v) is 5.35. The molecule has 86 valence electrons. The van der Waals surface area contributed by atoms with Gasteiger partial charge in [-0.25, -0.2) is 0 Å². The molecular weight excluding hydrogens is 196 g/mol. The molecule has 1 fully saturated rings. The lowest BCUT2D eigenvalue weighted by molar-refractivity contribution is -0.137. The van der Waals surface area contributed by atoms with Crippen LogP contribution in [0.3, 0.4) is 0 Å². The Labute approximate surface area is 89.4 Å². The Morgan fingerprint density at radius 3 is 2.87 bits per heavy atom. The van der Waals surface area contributed by atoms with Gasteiger partial charge in [0, 0.05) is 25.6 Å². The Bertz CT molecular complexity index is 243. The molecule has 5 nitrogen and oxygen atoms in total. The highest BCUT2D eigenvalue weighted by Gasteiger charge is 2.22. The van der Waals surface area contributed by atoms with Crippen molar-refractivity contribution in [3.05, 3.63) is 0 Å². The molecule has 1 rings (SSSR count). The molecule has 1 saturated heterocycles. The Balaban J connectivity index is 2.26. The van der Waals surface area contributed by atoms with E-state index in [2.05, 4.69) is 10.2 Å². The summed E-state index contributed by atoms with van der Waals surface area (Å²) in [7, 11) is 0. The number of carboxylic acids is 1. The van der Waals surface area contributed by atoms with Crippen molar-refractivity contribution in [2.75, 3.05) is 19.6 Å². The number of carboxylic acid groups (broad SMARTS) is 1. The second-order valence-corrected chi connectivity index (χ2v) is 3.84. The van der Waals surface area contributed by atoms with Crippen LogP contribution in [0.4, 0.5) is 0 Å². The zero-order chi connectivity index (χ0) is 11.3. The molecule has 1 unspecified atom stereocenters. The van der Waals surface area contributed by atoms with Crippen molar-refractivity contribution >= 4 is 11.9 Å². The van der Waals surface area contributed by atoms with Crippen LogP contribution in [0.2, 0.25) is 0 Å². The molecular formula is C10H18N2O3. The van der Waals surface area contributed by atoms with E-state index < -0.39 is 5.97 Å². The number of nitrogens with one attached hydrogen (secondary N) is 1. The summed E-state index contributed by atoms with van der Waals surface area (Å²) in [5, 5.41) is 11.4. The summed E-state index contributed by atoms with van der Waals surface area (Å²) in [6.07, 6.45) is 1.62. The second kappa shape index (κ2) is 5.70. The van der Waals surface area contributed by atoms with Gasteiger partial charge in [0.1, 0.15) is 0 Å². The number of rotatable bonds is 6. The van der Waals surface area contributed by atoms with E-state index >= 15 is 0 Å². The maximum atomic E-state index is 11.0. The van der Waals surface area contributed by atoms with E-state index in [0.29, 0.717) is 13.0 Å². The minimum Gasteiger partial charge on any atom is -0.481 e. The van der Waals surface area contributed by atoms with Crippen molar-refractivity contribution in [2.45, 2.75) is 32.2 Å². The third-order valence-electron chi connectivity index (χ3n) is 2.65. The van der Waals surface area contributed by atoms with E-state index in [1.807, 2.05) is 6.92 Å². The van der Waals surface area contributed by atoms with Crippen molar-refractivity contribution in [3.63, 3.8) is 0 Å². The van der Waals surface area contributed by atoms with E-state index in [4.69, 9.17) is 5.11 Å². The van der Waals surface area contributed by atoms with Gasteiger partial charge in [-0.05, 0) is 13.0 Å². The fourth-order valence-corrected chi connectivity index (χ4v) is 1.76. The van der Waals surface area contributed by atoms with Crippen LogP contribution >= 0.6 is 0 Å². The number of carbonyl (C=O) groups is 2. The zero-order valence-corrected chi connectivity index (χ0v) is 9.03. The van der Waals surface area contributed by atoms with E-state index in [1.165, 1.54) is 0 Å². The molecule has 1 aliphatic rings. The smallest absolute Gasteiger partial charge is 0.304 e. The van der Waals surface area contributed by atoms with E-state index in [9.17, 15) is 9.59 Å². The summed E-state index contributed by atoms with van der Waals surface area (Å²) in [5.41, 5.74) is 0. The van der Waals surface area contributed by atoms with Gasteiger partial charge in [0.15, 0.2) is 0 Å². The molecule has 0 radical (unpaired) electrons. The minimum atomic E-state index is -0.774. The van der Waals surface area contributed by atoms with Crippen LogP contribution < -0.4 is 5.32 Å². The lowest BCUT2D eigenvalue weighted by Crippen LogP contribution is -2.39. The Hall–Kier alpha value is -1.10. The predicted molar refractivity (Wildman–Crippen MR) is 55.5 cm³/mol. The van der Waals surface area contributed by atoms with Crippen molar-refractivity contribution in [1.29, 1.82) is 0 Å². The van der Waals surface area contributed by atoms with Crippen molar-refractivity contribution in [1.82, 2.24) is 10.2 Å². The molecule has 0 aromatic carbocycles. The molecule has 0 aliphatic carbocycles. The first kappa shape index (κ1) is 12.0. The lowest BCUT2D eigenvalue weighted by atomic mass is 10.2. The van der Waals surface area contributed by atoms with Crippen LogP contribution in [0.15, 0.2) is 0 Å². The van der Waals surface area contributed by atoms with Gasteiger partial charge in [0.05, 0.1) is 6.42 Å². The van der Waals surface area contributed by atoms with Crippen LogP contribution in [-0.4, -0.2) is 47.6 Å². The second-order valence-electron chi connectivity index (χ2n) is 3.84. The maximum Gasteiger partial charge on any atom is 0.304 e. The van der Waals surface area contributed by atoms with Crippen molar-refractivity contribution < 1.29 is 14.7 Å². The Morgan fingerprint density at radius 2 is 2.40 bits per heavy atom. The number of aliphatic carboxylic acids is 1. The highest BCUT2D eigenvalue weighted by atomic mass is 16.4. The molecule has 5 heteroatoms. The molecule has 15 heavy (non-hydrogen) atoms. The van der Waals surface area contributed by atoms with E-state index in [-0.39, 0.29) is 18.4 Å². The lowest BCUT2D eigenvalue weighted by Gasteiger charge is -2.23. The van der Waals surface area contributed by atoms with Gasteiger partial charge in [0.25, 0.3) is 0 Å². The molecule has 0 bridgehead atoms. The molecule has 0 spiro atoms. The molecule has 0 saturated carbocycles. The van der Waals surface area contributed by atoms with E-state index in [0.717, 1.165) is 19.5 Å². The van der Waals surface area contributed by atoms with Crippen LogP contribution in [0.1, 0.15) is 26.2 Å². The SMILES string of the molecule is CCN(CCC(=O)O)CC1CCC(=O)N1. The summed E-state index contributed by atoms with van der Waals surface area (Å²) in [4.78, 5) is 23.4. The van der Waals surface area contributed by atoms with Crippen molar-refractivity contribution in [3.8, 4) is 0 Å². The van der Waals surface area contributed by atoms with E-state index in [1.54, 1.807) is 0 Å². The Kier molecular flexibility index (Phi) is 4.55. The molecule has 2 N–H and O–H groups in total. The molecule has 1 aliphatic heterocycles. The normalized spacial score (nSPS) is 20.7. The van der Waals surface area contributed by atoms with Gasteiger partial charge in [0.2, 0.25) is 5.91 Å². The summed E-state index contributed by atoms with van der Waals surface area (Å²) in [6, 6.07) is 0.200. The largest absolute Gasteiger partial charge is 0.481 e. The summed E-state index contributed by atoms with van der Waals surface area (Å²) in [5.74, 6) is -0.668. The monoisotopic (exact) mass is 214 g/mol. The molecule has 1 atom stereocenters. The molecule has 1 heterocycles. The third kappa shape index (κ3) is 4.29. The molecule has 0 aromatic rings. The zero-order valence-electron chi connectivity index (χ0n) is 9.03. The van der Waals surface area contributed by atoms with Gasteiger partial charge in [-0.3, -0.25) is 9.59 Å². The number of nitrogens with zero attached hydrogens (tertiary/aromatic N) is 1. The topological polar surface area (TPSA) is 69.6 Å². The number of likely N-dealkylation sites (N-methyl/N-ethyl adjacent to an activating group) is 1. The number of hydrogen-bond donors (Lipinski definition) is 2. The van der Waals surface area contributed by atoms with Crippen LogP contribution in [0.25, 0.3) is 0 Å². The molecule has 0 aromatic heterocycles. The van der Waals surface area contributed by atoms with Gasteiger partial charge in [-0.2, -0.15) is 0 Å². The van der Waals surface area contributed by atoms with Gasteiger partial charge >= 0.3 is 5.97 Å². The highest BCUT2D eigenvalue weighted by molar-refractivity contribution is 5.78. The third-order valence-corrected chi connectivity index (χ3v) is 2.65. The summed E-state index contributed by atoms with van der Waals surface area (Å²) < 4.78 is 0. The highest BCUT2D eigenvalue weighted by Crippen LogP contribution is 2.08. The molecule has 1 amide bonds. The van der Waals surface area contributed by atoms with Gasteiger partial charge < -0.3 is 15.3 Å². The fraction of sp³-hybridized carbons (Fsp3) is 0.800. The number of amides is 1. The minimum absolute atomic E-state index is 0.106. The average Bonchev–Trinajstić information content (AvgIpc) is 2.58. The van der Waals surface area contributed by atoms with Crippen LogP contribution in [0.5, 0.6) is 0 Å². The van der Waals surface area contributed by atoms with Crippen molar-refractivity contribution in [2.24, 2.45) is 0 Å². The fourth-order valence-electron chi connectivity index (χ4n) is 1.76. The standard InChI is InChI=1S/C10H18N2O3/c1-2-12(6-5-10(14)15)7-8-3-4-9(13)11-8/h8H,2-7H2,1H3,(H,11,13)(H,14,15). The van der Waals surface area contributed by atoms with Gasteiger partial charge in [-0.15, -0.1) is 0 Å². The number of carbonyl (C=O) groups excluding carboxylic acids is 1. The summed E-state index contributed by atoms with van der Waals surface area (Å²) in [6.45, 7) is 4.13. The Morgan fingerprint density at radius 1 is 1.67 bits per heavy atom. The first-order valence-electron chi connectivity index (χ1n) is 5.35. The van der Waals surface area contributed by atoms with Gasteiger partial charge in [-0.1, -0.05) is 6.92 Å². The average molecular weight is 214 g/mol.